The standard InChI is InChI=1S/C22H27N/c1-2-3-4-5-6-7-13-19-18-12-9-8-11-17(18)16-21-20(19)14-10-15-22(21)23/h8-12,14-16H,2-7,13,23H2,1H3. The van der Waals surface area contributed by atoms with Crippen LogP contribution in [0.15, 0.2) is 48.5 Å². The summed E-state index contributed by atoms with van der Waals surface area (Å²) in [6.45, 7) is 2.27. The van der Waals surface area contributed by atoms with Gasteiger partial charge in [-0.05, 0) is 46.7 Å². The number of rotatable bonds is 7. The highest BCUT2D eigenvalue weighted by Crippen LogP contribution is 2.32. The number of nitrogens with two attached hydrogens (primary N) is 1. The van der Waals surface area contributed by atoms with Gasteiger partial charge in [-0.25, -0.2) is 0 Å². The van der Waals surface area contributed by atoms with Crippen molar-refractivity contribution in [3.63, 3.8) is 0 Å². The summed E-state index contributed by atoms with van der Waals surface area (Å²) >= 11 is 0. The lowest BCUT2D eigenvalue weighted by Gasteiger charge is -2.13. The van der Waals surface area contributed by atoms with Crippen molar-refractivity contribution in [1.82, 2.24) is 0 Å². The maximum Gasteiger partial charge on any atom is 0.0394 e. The van der Waals surface area contributed by atoms with Gasteiger partial charge in [0.1, 0.15) is 0 Å². The van der Waals surface area contributed by atoms with Crippen LogP contribution in [0.3, 0.4) is 0 Å². The van der Waals surface area contributed by atoms with Gasteiger partial charge in [0.05, 0.1) is 0 Å². The van der Waals surface area contributed by atoms with Crippen LogP contribution in [0.4, 0.5) is 5.69 Å². The lowest BCUT2D eigenvalue weighted by molar-refractivity contribution is 0.609. The van der Waals surface area contributed by atoms with Gasteiger partial charge in [0.15, 0.2) is 0 Å². The Morgan fingerprint density at radius 1 is 0.739 bits per heavy atom. The molecule has 0 bridgehead atoms. The molecule has 0 radical (unpaired) electrons. The Kier molecular flexibility index (Phi) is 5.17. The first kappa shape index (κ1) is 15.9. The number of benzene rings is 3. The van der Waals surface area contributed by atoms with Crippen molar-refractivity contribution >= 4 is 27.2 Å². The third-order valence-electron chi connectivity index (χ3n) is 4.83. The predicted octanol–water partition coefficient (Wildman–Crippen LogP) is 6.48. The topological polar surface area (TPSA) is 26.0 Å². The van der Waals surface area contributed by atoms with Crippen molar-refractivity contribution in [1.29, 1.82) is 0 Å². The average Bonchev–Trinajstić information content (AvgIpc) is 2.58. The summed E-state index contributed by atoms with van der Waals surface area (Å²) in [6.07, 6.45) is 9.15. The average molecular weight is 305 g/mol. The van der Waals surface area contributed by atoms with E-state index in [0.29, 0.717) is 0 Å². The van der Waals surface area contributed by atoms with Gasteiger partial charge in [-0.15, -0.1) is 0 Å². The van der Waals surface area contributed by atoms with Crippen molar-refractivity contribution < 1.29 is 0 Å². The molecular formula is C22H27N. The van der Waals surface area contributed by atoms with Gasteiger partial charge >= 0.3 is 0 Å². The van der Waals surface area contributed by atoms with E-state index in [4.69, 9.17) is 5.73 Å². The fourth-order valence-corrected chi connectivity index (χ4v) is 3.56. The van der Waals surface area contributed by atoms with Crippen LogP contribution >= 0.6 is 0 Å². The van der Waals surface area contributed by atoms with E-state index in [2.05, 4.69) is 49.4 Å². The number of nitrogen functional groups attached to an aromatic ring is 1. The highest BCUT2D eigenvalue weighted by molar-refractivity contribution is 6.06. The summed E-state index contributed by atoms with van der Waals surface area (Å²) in [5.41, 5.74) is 8.59. The molecule has 2 N–H and O–H groups in total. The van der Waals surface area contributed by atoms with E-state index < -0.39 is 0 Å². The highest BCUT2D eigenvalue weighted by atomic mass is 14.5. The van der Waals surface area contributed by atoms with Crippen LogP contribution in [-0.2, 0) is 6.42 Å². The maximum absolute atomic E-state index is 6.23. The molecule has 1 heteroatoms. The molecule has 3 aromatic rings. The van der Waals surface area contributed by atoms with E-state index in [1.54, 1.807) is 0 Å². The highest BCUT2D eigenvalue weighted by Gasteiger charge is 2.09. The van der Waals surface area contributed by atoms with Gasteiger partial charge in [-0.1, -0.05) is 75.4 Å². The summed E-state index contributed by atoms with van der Waals surface area (Å²) in [4.78, 5) is 0. The van der Waals surface area contributed by atoms with Gasteiger partial charge in [-0.3, -0.25) is 0 Å². The Hall–Kier alpha value is -2.02. The number of unbranched alkanes of at least 4 members (excludes halogenated alkanes) is 5. The monoisotopic (exact) mass is 305 g/mol. The fraction of sp³-hybridized carbons (Fsp3) is 0.364. The second-order valence-corrected chi connectivity index (χ2v) is 6.54. The van der Waals surface area contributed by atoms with E-state index in [1.807, 2.05) is 6.07 Å². The minimum Gasteiger partial charge on any atom is -0.398 e. The van der Waals surface area contributed by atoms with Crippen LogP contribution in [0.5, 0.6) is 0 Å². The number of hydrogen-bond acceptors (Lipinski definition) is 1. The molecule has 3 rings (SSSR count). The summed E-state index contributed by atoms with van der Waals surface area (Å²) in [6, 6.07) is 17.3. The first-order valence-electron chi connectivity index (χ1n) is 9.00. The molecule has 0 aliphatic heterocycles. The molecule has 23 heavy (non-hydrogen) atoms. The molecular weight excluding hydrogens is 278 g/mol. The van der Waals surface area contributed by atoms with Crippen LogP contribution < -0.4 is 5.73 Å². The molecule has 3 aromatic carbocycles. The zero-order valence-electron chi connectivity index (χ0n) is 14.1. The fourth-order valence-electron chi connectivity index (χ4n) is 3.56. The second-order valence-electron chi connectivity index (χ2n) is 6.54. The lowest BCUT2D eigenvalue weighted by atomic mass is 9.92. The molecule has 0 atom stereocenters. The van der Waals surface area contributed by atoms with E-state index >= 15 is 0 Å². The van der Waals surface area contributed by atoms with Crippen molar-refractivity contribution in [2.24, 2.45) is 0 Å². The molecule has 0 heterocycles. The summed E-state index contributed by atoms with van der Waals surface area (Å²) in [5.74, 6) is 0. The SMILES string of the molecule is CCCCCCCCc1c2ccccc2cc2c(N)cccc12. The predicted molar refractivity (Wildman–Crippen MR) is 103 cm³/mol. The van der Waals surface area contributed by atoms with E-state index in [9.17, 15) is 0 Å². The van der Waals surface area contributed by atoms with Gasteiger partial charge < -0.3 is 5.73 Å². The van der Waals surface area contributed by atoms with Crippen LogP contribution in [0.25, 0.3) is 21.5 Å². The van der Waals surface area contributed by atoms with Crippen molar-refractivity contribution in [3.05, 3.63) is 54.1 Å². The van der Waals surface area contributed by atoms with E-state index in [1.165, 1.54) is 65.6 Å². The summed E-state index contributed by atoms with van der Waals surface area (Å²) in [7, 11) is 0. The van der Waals surface area contributed by atoms with Crippen molar-refractivity contribution in [3.8, 4) is 0 Å². The Labute approximate surface area is 139 Å². The molecule has 0 aliphatic rings. The summed E-state index contributed by atoms with van der Waals surface area (Å²) < 4.78 is 0. The first-order valence-corrected chi connectivity index (χ1v) is 9.00. The smallest absolute Gasteiger partial charge is 0.0394 e. The Bertz CT molecular complexity index is 788. The number of fused-ring (bicyclic) bond motifs is 2. The van der Waals surface area contributed by atoms with Gasteiger partial charge in [0.25, 0.3) is 0 Å². The van der Waals surface area contributed by atoms with Crippen molar-refractivity contribution in [2.75, 3.05) is 5.73 Å². The molecule has 0 unspecified atom stereocenters. The molecule has 0 aromatic heterocycles. The van der Waals surface area contributed by atoms with E-state index in [0.717, 1.165) is 12.1 Å². The molecule has 0 spiro atoms. The van der Waals surface area contributed by atoms with E-state index in [-0.39, 0.29) is 0 Å². The molecule has 0 saturated carbocycles. The van der Waals surface area contributed by atoms with Crippen LogP contribution in [0, 0.1) is 0 Å². The zero-order chi connectivity index (χ0) is 16.1. The van der Waals surface area contributed by atoms with Gasteiger partial charge in [-0.2, -0.15) is 0 Å². The Morgan fingerprint density at radius 2 is 1.48 bits per heavy atom. The summed E-state index contributed by atoms with van der Waals surface area (Å²) in [5, 5.41) is 5.22. The maximum atomic E-state index is 6.23. The number of aryl methyl sites for hydroxylation is 1. The van der Waals surface area contributed by atoms with Crippen LogP contribution in [-0.4, -0.2) is 0 Å². The van der Waals surface area contributed by atoms with Crippen molar-refractivity contribution in [2.45, 2.75) is 51.9 Å². The largest absolute Gasteiger partial charge is 0.398 e. The number of hydrogen-bond donors (Lipinski definition) is 1. The lowest BCUT2D eigenvalue weighted by Crippen LogP contribution is -1.94. The zero-order valence-corrected chi connectivity index (χ0v) is 14.1. The molecule has 0 fully saturated rings. The molecule has 0 saturated heterocycles. The Balaban J connectivity index is 1.90. The van der Waals surface area contributed by atoms with Gasteiger partial charge in [0.2, 0.25) is 0 Å². The molecule has 120 valence electrons. The first-order chi connectivity index (χ1) is 11.3. The molecule has 0 amide bonds. The number of anilines is 1. The van der Waals surface area contributed by atoms with Gasteiger partial charge in [0, 0.05) is 11.1 Å². The quantitative estimate of drug-likeness (QED) is 0.302. The van der Waals surface area contributed by atoms with Crippen LogP contribution in [0.2, 0.25) is 0 Å². The molecule has 1 nitrogen and oxygen atoms in total. The minimum atomic E-state index is 0.887. The molecule has 0 aliphatic carbocycles. The second kappa shape index (κ2) is 7.50. The van der Waals surface area contributed by atoms with Crippen LogP contribution in [0.1, 0.15) is 51.0 Å². The third kappa shape index (κ3) is 3.50. The Morgan fingerprint density at radius 3 is 2.35 bits per heavy atom. The normalized spacial score (nSPS) is 11.3. The minimum absolute atomic E-state index is 0.887. The third-order valence-corrected chi connectivity index (χ3v) is 4.83.